The Kier molecular flexibility index (Phi) is 2.91. The van der Waals surface area contributed by atoms with E-state index < -0.39 is 0 Å². The predicted octanol–water partition coefficient (Wildman–Crippen LogP) is 0.399. The first kappa shape index (κ1) is 9.77. The van der Waals surface area contributed by atoms with Crippen molar-refractivity contribution in [3.05, 3.63) is 0 Å². The van der Waals surface area contributed by atoms with E-state index in [0.717, 1.165) is 39.3 Å². The molecule has 0 spiro atoms. The average Bonchev–Trinajstić information content (AvgIpc) is 2.64. The molecule has 0 N–H and O–H groups in total. The number of guanidine groups is 1. The third-order valence-electron chi connectivity index (χ3n) is 2.99. The first-order chi connectivity index (χ1) is 6.83. The molecule has 1 unspecified atom stereocenters. The number of aliphatic imine (C=N–C) groups is 1. The molecule has 80 valence electrons. The summed E-state index contributed by atoms with van der Waals surface area (Å²) in [4.78, 5) is 9.19. The molecule has 2 heterocycles. The molecule has 4 nitrogen and oxygen atoms in total. The van der Waals surface area contributed by atoms with Gasteiger partial charge in [0.1, 0.15) is 0 Å². The normalized spacial score (nSPS) is 28.1. The summed E-state index contributed by atoms with van der Waals surface area (Å²) in [5.74, 6) is 1.17. The summed E-state index contributed by atoms with van der Waals surface area (Å²) in [5, 5.41) is 0. The summed E-state index contributed by atoms with van der Waals surface area (Å²) in [6, 6.07) is 0.517. The Morgan fingerprint density at radius 3 is 3.00 bits per heavy atom. The molecule has 2 aliphatic rings. The van der Waals surface area contributed by atoms with Crippen LogP contribution < -0.4 is 0 Å². The Bertz CT molecular complexity index is 229. The average molecular weight is 197 g/mol. The van der Waals surface area contributed by atoms with Gasteiger partial charge in [-0.05, 0) is 6.42 Å². The summed E-state index contributed by atoms with van der Waals surface area (Å²) >= 11 is 0. The molecule has 1 fully saturated rings. The highest BCUT2D eigenvalue weighted by Crippen LogP contribution is 2.14. The third kappa shape index (κ3) is 1.71. The van der Waals surface area contributed by atoms with E-state index in [-0.39, 0.29) is 0 Å². The maximum Gasteiger partial charge on any atom is 0.196 e. The first-order valence-electron chi connectivity index (χ1n) is 5.43. The lowest BCUT2D eigenvalue weighted by Gasteiger charge is -2.38. The van der Waals surface area contributed by atoms with Crippen LogP contribution >= 0.6 is 0 Å². The van der Waals surface area contributed by atoms with Crippen LogP contribution in [0.5, 0.6) is 0 Å². The van der Waals surface area contributed by atoms with Crippen molar-refractivity contribution in [3.63, 3.8) is 0 Å². The Hall–Kier alpha value is -0.770. The molecule has 0 radical (unpaired) electrons. The van der Waals surface area contributed by atoms with Crippen LogP contribution in [0.2, 0.25) is 0 Å². The van der Waals surface area contributed by atoms with E-state index >= 15 is 0 Å². The molecule has 0 aromatic heterocycles. The molecule has 2 rings (SSSR count). The molecule has 0 aromatic carbocycles. The molecular weight excluding hydrogens is 178 g/mol. The minimum atomic E-state index is 0.517. The Morgan fingerprint density at radius 1 is 1.50 bits per heavy atom. The fourth-order valence-corrected chi connectivity index (χ4v) is 2.09. The Balaban J connectivity index is 2.06. The molecule has 0 amide bonds. The van der Waals surface area contributed by atoms with Crippen molar-refractivity contribution >= 4 is 5.96 Å². The van der Waals surface area contributed by atoms with Gasteiger partial charge in [-0.2, -0.15) is 0 Å². The zero-order valence-electron chi connectivity index (χ0n) is 9.07. The van der Waals surface area contributed by atoms with Gasteiger partial charge < -0.3 is 14.5 Å². The van der Waals surface area contributed by atoms with Crippen molar-refractivity contribution < 1.29 is 4.74 Å². The van der Waals surface area contributed by atoms with Crippen molar-refractivity contribution in [2.45, 2.75) is 19.4 Å². The maximum absolute atomic E-state index is 5.48. The molecule has 0 saturated carbocycles. The highest BCUT2D eigenvalue weighted by molar-refractivity contribution is 5.81. The number of hydrogen-bond donors (Lipinski definition) is 0. The summed E-state index contributed by atoms with van der Waals surface area (Å²) in [6.45, 7) is 6.89. The summed E-state index contributed by atoms with van der Waals surface area (Å²) < 4.78 is 5.48. The van der Waals surface area contributed by atoms with Crippen LogP contribution in [0.15, 0.2) is 4.99 Å². The van der Waals surface area contributed by atoms with Crippen LogP contribution in [0.1, 0.15) is 13.3 Å². The minimum Gasteiger partial charge on any atom is -0.377 e. The lowest BCUT2D eigenvalue weighted by Crippen LogP contribution is -2.52. The van der Waals surface area contributed by atoms with E-state index in [4.69, 9.17) is 4.74 Å². The topological polar surface area (TPSA) is 28.1 Å². The van der Waals surface area contributed by atoms with Gasteiger partial charge in [0, 0.05) is 20.1 Å². The van der Waals surface area contributed by atoms with E-state index in [9.17, 15) is 0 Å². The van der Waals surface area contributed by atoms with E-state index in [1.54, 1.807) is 0 Å². The second-order valence-electron chi connectivity index (χ2n) is 3.93. The zero-order valence-corrected chi connectivity index (χ0v) is 9.07. The minimum absolute atomic E-state index is 0.517. The molecule has 1 saturated heterocycles. The fourth-order valence-electron chi connectivity index (χ4n) is 2.09. The largest absolute Gasteiger partial charge is 0.377 e. The van der Waals surface area contributed by atoms with Crippen LogP contribution in [0.3, 0.4) is 0 Å². The SMILES string of the molecule is CCC1COCCN1C1=NCCN1C. The van der Waals surface area contributed by atoms with Crippen LogP contribution in [0.25, 0.3) is 0 Å². The van der Waals surface area contributed by atoms with Crippen LogP contribution in [-0.4, -0.2) is 61.7 Å². The van der Waals surface area contributed by atoms with Gasteiger partial charge in [0.2, 0.25) is 0 Å². The second kappa shape index (κ2) is 4.17. The second-order valence-corrected chi connectivity index (χ2v) is 3.93. The summed E-state index contributed by atoms with van der Waals surface area (Å²) in [7, 11) is 2.12. The number of ether oxygens (including phenoxy) is 1. The van der Waals surface area contributed by atoms with Crippen LogP contribution in [0.4, 0.5) is 0 Å². The van der Waals surface area contributed by atoms with Crippen molar-refractivity contribution in [3.8, 4) is 0 Å². The molecule has 4 heteroatoms. The molecular formula is C10H19N3O. The first-order valence-corrected chi connectivity index (χ1v) is 5.43. The lowest BCUT2D eigenvalue weighted by molar-refractivity contribution is 0.0210. The smallest absolute Gasteiger partial charge is 0.196 e. The molecule has 1 atom stereocenters. The number of likely N-dealkylation sites (N-methyl/N-ethyl adjacent to an activating group) is 1. The summed E-state index contributed by atoms with van der Waals surface area (Å²) in [6.07, 6.45) is 1.13. The molecule has 2 aliphatic heterocycles. The quantitative estimate of drug-likeness (QED) is 0.609. The van der Waals surface area contributed by atoms with Gasteiger partial charge in [-0.15, -0.1) is 0 Å². The number of rotatable bonds is 1. The van der Waals surface area contributed by atoms with Crippen molar-refractivity contribution in [2.24, 2.45) is 4.99 Å². The van der Waals surface area contributed by atoms with E-state index in [2.05, 4.69) is 28.8 Å². The van der Waals surface area contributed by atoms with Gasteiger partial charge in [0.25, 0.3) is 0 Å². The van der Waals surface area contributed by atoms with Crippen LogP contribution in [-0.2, 0) is 4.74 Å². The van der Waals surface area contributed by atoms with Gasteiger partial charge >= 0.3 is 0 Å². The Labute approximate surface area is 85.5 Å². The zero-order chi connectivity index (χ0) is 9.97. The fraction of sp³-hybridized carbons (Fsp3) is 0.900. The van der Waals surface area contributed by atoms with E-state index in [0.29, 0.717) is 6.04 Å². The van der Waals surface area contributed by atoms with E-state index in [1.807, 2.05) is 0 Å². The van der Waals surface area contributed by atoms with Gasteiger partial charge in [0.15, 0.2) is 5.96 Å². The lowest BCUT2D eigenvalue weighted by atomic mass is 10.2. The molecule has 14 heavy (non-hydrogen) atoms. The molecule has 0 aliphatic carbocycles. The van der Waals surface area contributed by atoms with Crippen molar-refractivity contribution in [1.29, 1.82) is 0 Å². The molecule has 0 aromatic rings. The van der Waals surface area contributed by atoms with Crippen LogP contribution in [0, 0.1) is 0 Å². The van der Waals surface area contributed by atoms with Crippen molar-refractivity contribution in [1.82, 2.24) is 9.80 Å². The number of hydrogen-bond acceptors (Lipinski definition) is 4. The highest BCUT2D eigenvalue weighted by atomic mass is 16.5. The molecule has 0 bridgehead atoms. The highest BCUT2D eigenvalue weighted by Gasteiger charge is 2.28. The monoisotopic (exact) mass is 197 g/mol. The van der Waals surface area contributed by atoms with Gasteiger partial charge in [0.05, 0.1) is 25.8 Å². The summed E-state index contributed by atoms with van der Waals surface area (Å²) in [5.41, 5.74) is 0. The predicted molar refractivity (Wildman–Crippen MR) is 56.5 cm³/mol. The Morgan fingerprint density at radius 2 is 2.36 bits per heavy atom. The number of morpholine rings is 1. The number of nitrogens with zero attached hydrogens (tertiary/aromatic N) is 3. The van der Waals surface area contributed by atoms with Gasteiger partial charge in [-0.1, -0.05) is 6.92 Å². The van der Waals surface area contributed by atoms with Crippen molar-refractivity contribution in [2.75, 3.05) is 39.9 Å². The maximum atomic E-state index is 5.48. The van der Waals surface area contributed by atoms with Gasteiger partial charge in [-0.3, -0.25) is 4.99 Å². The van der Waals surface area contributed by atoms with E-state index in [1.165, 1.54) is 5.96 Å². The van der Waals surface area contributed by atoms with Gasteiger partial charge in [-0.25, -0.2) is 0 Å². The standard InChI is InChI=1S/C10H19N3O/c1-3-9-8-14-7-6-13(9)10-11-4-5-12(10)2/h9H,3-8H2,1-2H3. The third-order valence-corrected chi connectivity index (χ3v) is 2.99.